The van der Waals surface area contributed by atoms with E-state index >= 15 is 0 Å². The number of hydrogen-bond acceptors (Lipinski definition) is 6. The highest BCUT2D eigenvalue weighted by Gasteiger charge is 2.13. The standard InChI is InChI=1S/C24H14O2S4/c1-3-15(25-13-1)17-5-7-19(27-17)21-9-11-23(29-21)24-12-10-22(30-24)20-8-6-18(28-20)16-4-2-14-26-16/h1-14H. The summed E-state index contributed by atoms with van der Waals surface area (Å²) in [6.45, 7) is 0. The van der Waals surface area contributed by atoms with Gasteiger partial charge in [-0.15, -0.1) is 45.3 Å². The minimum absolute atomic E-state index is 0.927. The molecule has 146 valence electrons. The van der Waals surface area contributed by atoms with E-state index in [0.29, 0.717) is 0 Å². The van der Waals surface area contributed by atoms with Crippen LogP contribution in [0.2, 0.25) is 0 Å². The summed E-state index contributed by atoms with van der Waals surface area (Å²) in [7, 11) is 0. The maximum Gasteiger partial charge on any atom is 0.143 e. The van der Waals surface area contributed by atoms with Crippen molar-refractivity contribution in [1.82, 2.24) is 0 Å². The molecule has 0 atom stereocenters. The third kappa shape index (κ3) is 3.32. The van der Waals surface area contributed by atoms with Gasteiger partial charge in [-0.05, 0) is 72.8 Å². The molecule has 6 rings (SSSR count). The van der Waals surface area contributed by atoms with Gasteiger partial charge in [0.15, 0.2) is 0 Å². The van der Waals surface area contributed by atoms with E-state index < -0.39 is 0 Å². The summed E-state index contributed by atoms with van der Waals surface area (Å²) in [5.41, 5.74) is 0. The van der Waals surface area contributed by atoms with Crippen molar-refractivity contribution in [3.8, 4) is 50.5 Å². The van der Waals surface area contributed by atoms with Gasteiger partial charge in [-0.2, -0.15) is 0 Å². The zero-order valence-electron chi connectivity index (χ0n) is 15.5. The van der Waals surface area contributed by atoms with Crippen molar-refractivity contribution in [2.45, 2.75) is 0 Å². The normalized spacial score (nSPS) is 11.3. The average Bonchev–Trinajstić information content (AvgIpc) is 3.62. The zero-order valence-corrected chi connectivity index (χ0v) is 18.8. The third-order valence-electron chi connectivity index (χ3n) is 4.68. The van der Waals surface area contributed by atoms with Crippen LogP contribution in [0.25, 0.3) is 50.5 Å². The van der Waals surface area contributed by atoms with Crippen LogP contribution < -0.4 is 0 Å². The van der Waals surface area contributed by atoms with Gasteiger partial charge < -0.3 is 8.83 Å². The summed E-state index contributed by atoms with van der Waals surface area (Å²) in [5.74, 6) is 1.85. The van der Waals surface area contributed by atoms with Crippen LogP contribution in [-0.2, 0) is 0 Å². The molecule has 30 heavy (non-hydrogen) atoms. The van der Waals surface area contributed by atoms with Gasteiger partial charge >= 0.3 is 0 Å². The molecular weight excluding hydrogens is 449 g/mol. The molecule has 0 saturated carbocycles. The quantitative estimate of drug-likeness (QED) is 0.255. The van der Waals surface area contributed by atoms with Gasteiger partial charge in [0.25, 0.3) is 0 Å². The van der Waals surface area contributed by atoms with Gasteiger partial charge in [-0.3, -0.25) is 0 Å². The smallest absolute Gasteiger partial charge is 0.143 e. The predicted octanol–water partition coefficient (Wildman–Crippen LogP) is 9.45. The Morgan fingerprint density at radius 3 is 0.967 bits per heavy atom. The number of rotatable bonds is 5. The first kappa shape index (κ1) is 18.2. The van der Waals surface area contributed by atoms with Crippen molar-refractivity contribution in [1.29, 1.82) is 0 Å². The Labute approximate surface area is 189 Å². The lowest BCUT2D eigenvalue weighted by Gasteiger charge is -1.92. The summed E-state index contributed by atoms with van der Waals surface area (Å²) in [5, 5.41) is 0. The molecule has 6 aromatic rings. The second-order valence-corrected chi connectivity index (χ2v) is 10.9. The molecule has 6 heterocycles. The van der Waals surface area contributed by atoms with E-state index in [2.05, 4.69) is 48.5 Å². The molecule has 0 fully saturated rings. The van der Waals surface area contributed by atoms with E-state index in [1.807, 2.05) is 46.9 Å². The summed E-state index contributed by atoms with van der Waals surface area (Å²) < 4.78 is 11.0. The fraction of sp³-hybridized carbons (Fsp3) is 0. The molecule has 0 spiro atoms. The fourth-order valence-corrected chi connectivity index (χ4v) is 7.48. The van der Waals surface area contributed by atoms with Crippen LogP contribution >= 0.6 is 45.3 Å². The Kier molecular flexibility index (Phi) is 4.57. The lowest BCUT2D eigenvalue weighted by Crippen LogP contribution is -1.60. The molecule has 0 radical (unpaired) electrons. The van der Waals surface area contributed by atoms with Gasteiger partial charge in [0.1, 0.15) is 11.5 Å². The van der Waals surface area contributed by atoms with Crippen LogP contribution in [0.15, 0.2) is 94.2 Å². The van der Waals surface area contributed by atoms with E-state index in [1.54, 1.807) is 35.2 Å². The fourth-order valence-electron chi connectivity index (χ4n) is 3.25. The van der Waals surface area contributed by atoms with Crippen molar-refractivity contribution in [2.24, 2.45) is 0 Å². The van der Waals surface area contributed by atoms with Crippen LogP contribution in [0.1, 0.15) is 0 Å². The summed E-state index contributed by atoms with van der Waals surface area (Å²) in [6.07, 6.45) is 3.44. The SMILES string of the molecule is c1coc(-c2ccc(-c3ccc(-c4ccc(-c5ccc(-c6ccco6)s5)s4)s3)s2)c1. The molecular formula is C24H14O2S4. The molecule has 0 aromatic carbocycles. The Morgan fingerprint density at radius 1 is 0.367 bits per heavy atom. The van der Waals surface area contributed by atoms with Gasteiger partial charge in [0.2, 0.25) is 0 Å². The molecule has 6 aromatic heterocycles. The van der Waals surface area contributed by atoms with Crippen molar-refractivity contribution in [2.75, 3.05) is 0 Å². The first-order valence-corrected chi connectivity index (χ1v) is 12.6. The zero-order chi connectivity index (χ0) is 19.9. The van der Waals surface area contributed by atoms with Gasteiger partial charge in [0, 0.05) is 29.3 Å². The highest BCUT2D eigenvalue weighted by atomic mass is 32.1. The van der Waals surface area contributed by atoms with Crippen molar-refractivity contribution in [3.63, 3.8) is 0 Å². The van der Waals surface area contributed by atoms with E-state index in [0.717, 1.165) is 21.3 Å². The predicted molar refractivity (Wildman–Crippen MR) is 130 cm³/mol. The van der Waals surface area contributed by atoms with Crippen molar-refractivity contribution < 1.29 is 8.83 Å². The Balaban J connectivity index is 1.26. The molecule has 0 aliphatic carbocycles. The lowest BCUT2D eigenvalue weighted by atomic mass is 10.3. The third-order valence-corrected chi connectivity index (χ3v) is 9.64. The monoisotopic (exact) mass is 462 g/mol. The maximum absolute atomic E-state index is 5.52. The Morgan fingerprint density at radius 2 is 0.667 bits per heavy atom. The minimum Gasteiger partial charge on any atom is -0.464 e. The molecule has 0 amide bonds. The lowest BCUT2D eigenvalue weighted by molar-refractivity contribution is 0.583. The van der Waals surface area contributed by atoms with E-state index in [4.69, 9.17) is 8.83 Å². The molecule has 6 heteroatoms. The van der Waals surface area contributed by atoms with Gasteiger partial charge in [-0.25, -0.2) is 0 Å². The average molecular weight is 463 g/mol. The molecule has 0 saturated heterocycles. The van der Waals surface area contributed by atoms with Crippen LogP contribution in [0.4, 0.5) is 0 Å². The van der Waals surface area contributed by atoms with E-state index in [9.17, 15) is 0 Å². The highest BCUT2D eigenvalue weighted by Crippen LogP contribution is 2.44. The second kappa shape index (κ2) is 7.56. The van der Waals surface area contributed by atoms with Crippen LogP contribution in [0.5, 0.6) is 0 Å². The molecule has 2 nitrogen and oxygen atoms in total. The second-order valence-electron chi connectivity index (χ2n) is 6.61. The van der Waals surface area contributed by atoms with Crippen molar-refractivity contribution in [3.05, 3.63) is 85.3 Å². The molecule has 0 aliphatic rings. The maximum atomic E-state index is 5.52. The Hall–Kier alpha value is -2.64. The number of furan rings is 2. The van der Waals surface area contributed by atoms with Gasteiger partial charge in [-0.1, -0.05) is 0 Å². The largest absolute Gasteiger partial charge is 0.464 e. The topological polar surface area (TPSA) is 26.3 Å². The summed E-state index contributed by atoms with van der Waals surface area (Å²) in [4.78, 5) is 10.1. The van der Waals surface area contributed by atoms with Crippen molar-refractivity contribution >= 4 is 45.3 Å². The first-order chi connectivity index (χ1) is 14.8. The molecule has 0 N–H and O–H groups in total. The summed E-state index contributed by atoms with van der Waals surface area (Å²) in [6, 6.07) is 25.4. The van der Waals surface area contributed by atoms with Crippen LogP contribution in [0, 0.1) is 0 Å². The number of hydrogen-bond donors (Lipinski definition) is 0. The van der Waals surface area contributed by atoms with Crippen LogP contribution in [0.3, 0.4) is 0 Å². The molecule has 0 aliphatic heterocycles. The summed E-state index contributed by atoms with van der Waals surface area (Å²) >= 11 is 7.22. The van der Waals surface area contributed by atoms with Crippen LogP contribution in [-0.4, -0.2) is 0 Å². The number of thiophene rings is 4. The van der Waals surface area contributed by atoms with Gasteiger partial charge in [0.05, 0.1) is 22.3 Å². The molecule has 0 bridgehead atoms. The van der Waals surface area contributed by atoms with E-state index in [-0.39, 0.29) is 0 Å². The molecule has 0 unspecified atom stereocenters. The Bertz CT molecular complexity index is 1280. The first-order valence-electron chi connectivity index (χ1n) is 9.32. The van der Waals surface area contributed by atoms with E-state index in [1.165, 1.54) is 29.3 Å². The minimum atomic E-state index is 0.927. The highest BCUT2D eigenvalue weighted by molar-refractivity contribution is 7.29.